The van der Waals surface area contributed by atoms with E-state index in [2.05, 4.69) is 32.8 Å². The van der Waals surface area contributed by atoms with E-state index in [-0.39, 0.29) is 24.1 Å². The van der Waals surface area contributed by atoms with Crippen LogP contribution in [0.5, 0.6) is 0 Å². The van der Waals surface area contributed by atoms with Crippen LogP contribution in [0, 0.1) is 5.92 Å². The Balaban J connectivity index is 1.24. The lowest BCUT2D eigenvalue weighted by molar-refractivity contribution is 0.0203. The summed E-state index contributed by atoms with van der Waals surface area (Å²) < 4.78 is 7.06. The first-order valence-corrected chi connectivity index (χ1v) is 11.7. The number of hydrogen-bond donors (Lipinski definition) is 2. The smallest absolute Gasteiger partial charge is 0.410 e. The number of nitrogens with zero attached hydrogens (tertiary/aromatic N) is 4. The molecule has 0 bridgehead atoms. The minimum Gasteiger partial charge on any atom is -0.444 e. The monoisotopic (exact) mass is 454 g/mol. The average Bonchev–Trinajstić information content (AvgIpc) is 3.37. The lowest BCUT2D eigenvalue weighted by Crippen LogP contribution is -2.41. The Morgan fingerprint density at radius 1 is 1.15 bits per heavy atom. The molecule has 0 radical (unpaired) electrons. The Morgan fingerprint density at radius 2 is 1.85 bits per heavy atom. The molecule has 2 heterocycles. The van der Waals surface area contributed by atoms with E-state index in [9.17, 15) is 9.59 Å². The number of benzene rings is 1. The number of hydrogen-bond acceptors (Lipinski definition) is 5. The first-order chi connectivity index (χ1) is 15.7. The number of urea groups is 1. The topological polar surface area (TPSA) is 101 Å². The van der Waals surface area contributed by atoms with Gasteiger partial charge in [0.25, 0.3) is 0 Å². The normalized spacial score (nSPS) is 20.9. The molecule has 4 rings (SSSR count). The van der Waals surface area contributed by atoms with Crippen molar-refractivity contribution in [2.75, 3.05) is 18.4 Å². The lowest BCUT2D eigenvalue weighted by Gasteiger charge is -2.32. The summed E-state index contributed by atoms with van der Waals surface area (Å²) in [7, 11) is 1.78. The fourth-order valence-corrected chi connectivity index (χ4v) is 4.21. The van der Waals surface area contributed by atoms with Crippen molar-refractivity contribution in [2.24, 2.45) is 13.0 Å². The predicted octanol–water partition coefficient (Wildman–Crippen LogP) is 3.68. The van der Waals surface area contributed by atoms with Gasteiger partial charge in [-0.15, -0.1) is 0 Å². The highest BCUT2D eigenvalue weighted by Crippen LogP contribution is 2.34. The number of carbonyl (C=O) groups is 2. The third-order valence-electron chi connectivity index (χ3n) is 6.10. The van der Waals surface area contributed by atoms with Gasteiger partial charge in [-0.05, 0) is 57.9 Å². The molecule has 1 aliphatic carbocycles. The minimum atomic E-state index is -0.500. The van der Waals surface area contributed by atoms with Crippen LogP contribution in [-0.2, 0) is 18.2 Å². The van der Waals surface area contributed by atoms with Crippen molar-refractivity contribution in [3.05, 3.63) is 41.7 Å². The van der Waals surface area contributed by atoms with Crippen molar-refractivity contribution in [3.63, 3.8) is 0 Å². The largest absolute Gasteiger partial charge is 0.444 e. The SMILES string of the molecule is Cn1nc(C2CCN(C(=O)OC(C)(C)C)CC2)nc1NC(=O)NC1CC1Cc1ccccc1. The molecule has 178 valence electrons. The van der Waals surface area contributed by atoms with E-state index < -0.39 is 5.60 Å². The van der Waals surface area contributed by atoms with Crippen molar-refractivity contribution in [1.29, 1.82) is 0 Å². The summed E-state index contributed by atoms with van der Waals surface area (Å²) >= 11 is 0. The van der Waals surface area contributed by atoms with Crippen LogP contribution in [0.25, 0.3) is 0 Å². The number of amides is 3. The van der Waals surface area contributed by atoms with E-state index in [1.54, 1.807) is 16.6 Å². The number of anilines is 1. The Labute approximate surface area is 194 Å². The highest BCUT2D eigenvalue weighted by Gasteiger charge is 2.38. The molecule has 2 fully saturated rings. The second kappa shape index (κ2) is 9.41. The zero-order valence-electron chi connectivity index (χ0n) is 19.9. The molecule has 2 atom stereocenters. The van der Waals surface area contributed by atoms with E-state index >= 15 is 0 Å². The maximum absolute atomic E-state index is 12.5. The zero-order valence-corrected chi connectivity index (χ0v) is 19.9. The van der Waals surface area contributed by atoms with Crippen LogP contribution in [0.4, 0.5) is 15.5 Å². The summed E-state index contributed by atoms with van der Waals surface area (Å²) in [4.78, 5) is 31.0. The number of carbonyl (C=O) groups excluding carboxylic acids is 2. The Bertz CT molecular complexity index is 976. The van der Waals surface area contributed by atoms with E-state index in [0.717, 1.165) is 25.7 Å². The van der Waals surface area contributed by atoms with Gasteiger partial charge in [-0.25, -0.2) is 14.3 Å². The highest BCUT2D eigenvalue weighted by molar-refractivity contribution is 5.87. The summed E-state index contributed by atoms with van der Waals surface area (Å²) in [6.45, 7) is 6.81. The van der Waals surface area contributed by atoms with Crippen LogP contribution in [0.3, 0.4) is 0 Å². The van der Waals surface area contributed by atoms with Crippen LogP contribution in [0.1, 0.15) is 57.3 Å². The molecule has 9 nitrogen and oxygen atoms in total. The minimum absolute atomic E-state index is 0.146. The Morgan fingerprint density at radius 3 is 2.52 bits per heavy atom. The molecule has 1 aromatic heterocycles. The maximum atomic E-state index is 12.5. The second-order valence-electron chi connectivity index (χ2n) is 10.0. The van der Waals surface area contributed by atoms with Crippen molar-refractivity contribution in [3.8, 4) is 0 Å². The zero-order chi connectivity index (χ0) is 23.6. The van der Waals surface area contributed by atoms with Gasteiger partial charge >= 0.3 is 12.1 Å². The molecule has 3 amide bonds. The maximum Gasteiger partial charge on any atom is 0.410 e. The number of likely N-dealkylation sites (tertiary alicyclic amines) is 1. The number of ether oxygens (including phenoxy) is 1. The molecule has 2 aromatic rings. The summed E-state index contributed by atoms with van der Waals surface area (Å²) in [5.74, 6) is 1.75. The molecule has 2 aliphatic rings. The summed E-state index contributed by atoms with van der Waals surface area (Å²) in [6, 6.07) is 10.3. The number of nitrogens with one attached hydrogen (secondary N) is 2. The van der Waals surface area contributed by atoms with Crippen LogP contribution >= 0.6 is 0 Å². The quantitative estimate of drug-likeness (QED) is 0.718. The molecule has 1 aromatic carbocycles. The first kappa shape index (κ1) is 23.1. The van der Waals surface area contributed by atoms with E-state index in [0.29, 0.717) is 30.8 Å². The van der Waals surface area contributed by atoms with Gasteiger partial charge in [0.2, 0.25) is 5.95 Å². The highest BCUT2D eigenvalue weighted by atomic mass is 16.6. The molecule has 2 unspecified atom stereocenters. The standard InChI is InChI=1S/C24H34N6O3/c1-24(2,3)33-23(32)30-12-10-17(11-13-30)20-26-21(29(4)28-20)27-22(31)25-19-15-18(19)14-16-8-6-5-7-9-16/h5-9,17-19H,10-15H2,1-4H3,(H2,25,26,27,28,31). The van der Waals surface area contributed by atoms with Crippen molar-refractivity contribution < 1.29 is 14.3 Å². The molecule has 1 saturated carbocycles. The van der Waals surface area contributed by atoms with E-state index in [1.807, 2.05) is 39.0 Å². The number of rotatable bonds is 5. The molecular weight excluding hydrogens is 420 g/mol. The summed E-state index contributed by atoms with van der Waals surface area (Å²) in [6.07, 6.45) is 3.21. The average molecular weight is 455 g/mol. The van der Waals surface area contributed by atoms with Gasteiger partial charge < -0.3 is 15.0 Å². The summed E-state index contributed by atoms with van der Waals surface area (Å²) in [5, 5.41) is 10.4. The van der Waals surface area contributed by atoms with Gasteiger partial charge in [-0.2, -0.15) is 10.1 Å². The third-order valence-corrected chi connectivity index (χ3v) is 6.10. The molecule has 2 N–H and O–H groups in total. The molecule has 9 heteroatoms. The molecule has 0 spiro atoms. The molecule has 33 heavy (non-hydrogen) atoms. The summed E-state index contributed by atoms with van der Waals surface area (Å²) in [5.41, 5.74) is 0.794. The van der Waals surface area contributed by atoms with Crippen LogP contribution in [-0.4, -0.2) is 56.5 Å². The lowest BCUT2D eigenvalue weighted by atomic mass is 9.96. The fraction of sp³-hybridized carbons (Fsp3) is 0.583. The van der Waals surface area contributed by atoms with Crippen LogP contribution in [0.2, 0.25) is 0 Å². The third kappa shape index (κ3) is 6.24. The Kier molecular flexibility index (Phi) is 6.58. The van der Waals surface area contributed by atoms with Crippen molar-refractivity contribution in [1.82, 2.24) is 25.0 Å². The fourth-order valence-electron chi connectivity index (χ4n) is 4.21. The van der Waals surface area contributed by atoms with Gasteiger partial charge in [0.1, 0.15) is 5.60 Å². The Hall–Kier alpha value is -3.10. The predicted molar refractivity (Wildman–Crippen MR) is 125 cm³/mol. The van der Waals surface area contributed by atoms with Gasteiger partial charge in [-0.3, -0.25) is 5.32 Å². The van der Waals surface area contributed by atoms with Gasteiger partial charge in [0.05, 0.1) is 0 Å². The van der Waals surface area contributed by atoms with Crippen molar-refractivity contribution >= 4 is 18.1 Å². The van der Waals surface area contributed by atoms with Crippen LogP contribution < -0.4 is 10.6 Å². The van der Waals surface area contributed by atoms with E-state index in [4.69, 9.17) is 4.74 Å². The molecule has 1 aliphatic heterocycles. The van der Waals surface area contributed by atoms with Gasteiger partial charge in [-0.1, -0.05) is 30.3 Å². The van der Waals surface area contributed by atoms with Gasteiger partial charge in [0.15, 0.2) is 5.82 Å². The molecule has 1 saturated heterocycles. The number of piperidine rings is 1. The van der Waals surface area contributed by atoms with Crippen molar-refractivity contribution in [2.45, 2.75) is 64.0 Å². The number of aryl methyl sites for hydroxylation is 1. The van der Waals surface area contributed by atoms with Gasteiger partial charge in [0, 0.05) is 32.1 Å². The molecular formula is C24H34N6O3. The second-order valence-corrected chi connectivity index (χ2v) is 10.0. The van der Waals surface area contributed by atoms with E-state index in [1.165, 1.54) is 5.56 Å². The first-order valence-electron chi connectivity index (χ1n) is 11.7. The van der Waals surface area contributed by atoms with Crippen LogP contribution in [0.15, 0.2) is 30.3 Å². The number of aromatic nitrogens is 3.